The first-order chi connectivity index (χ1) is 8.19. The number of hydrogen-bond acceptors (Lipinski definition) is 4. The third-order valence-electron chi connectivity index (χ3n) is 3.61. The summed E-state index contributed by atoms with van der Waals surface area (Å²) in [5, 5.41) is 0. The van der Waals surface area contributed by atoms with Gasteiger partial charge in [0, 0.05) is 25.8 Å². The number of nitrogens with zero attached hydrogens (tertiary/aromatic N) is 1. The topological polar surface area (TPSA) is 38.8 Å². The molecule has 1 rings (SSSR count). The zero-order chi connectivity index (χ0) is 12.7. The third-order valence-corrected chi connectivity index (χ3v) is 3.61. The molecule has 17 heavy (non-hydrogen) atoms. The second-order valence-electron chi connectivity index (χ2n) is 4.80. The molecule has 0 radical (unpaired) electrons. The number of hydrogen-bond donors (Lipinski definition) is 0. The SMILES string of the molecule is COCCC(C)N1CCCCC1CC(=O)OC. The molecule has 100 valence electrons. The number of carbonyl (C=O) groups is 1. The Bertz CT molecular complexity index is 233. The molecule has 4 heteroatoms. The Labute approximate surface area is 104 Å². The molecular weight excluding hydrogens is 218 g/mol. The molecule has 2 atom stereocenters. The molecule has 1 aliphatic heterocycles. The van der Waals surface area contributed by atoms with Gasteiger partial charge in [0.25, 0.3) is 0 Å². The Morgan fingerprint density at radius 2 is 2.18 bits per heavy atom. The van der Waals surface area contributed by atoms with Crippen LogP contribution in [0.1, 0.15) is 39.0 Å². The van der Waals surface area contributed by atoms with E-state index < -0.39 is 0 Å². The van der Waals surface area contributed by atoms with Crippen LogP contribution in [-0.4, -0.2) is 50.3 Å². The van der Waals surface area contributed by atoms with Gasteiger partial charge < -0.3 is 9.47 Å². The van der Waals surface area contributed by atoms with Crippen molar-refractivity contribution in [3.05, 3.63) is 0 Å². The molecule has 0 N–H and O–H groups in total. The van der Waals surface area contributed by atoms with E-state index in [4.69, 9.17) is 9.47 Å². The molecule has 0 aromatic rings. The third kappa shape index (κ3) is 4.64. The second-order valence-corrected chi connectivity index (χ2v) is 4.80. The van der Waals surface area contributed by atoms with E-state index in [2.05, 4.69) is 11.8 Å². The summed E-state index contributed by atoms with van der Waals surface area (Å²) in [6, 6.07) is 0.827. The van der Waals surface area contributed by atoms with E-state index >= 15 is 0 Å². The minimum Gasteiger partial charge on any atom is -0.469 e. The fraction of sp³-hybridized carbons (Fsp3) is 0.923. The highest BCUT2D eigenvalue weighted by atomic mass is 16.5. The fourth-order valence-corrected chi connectivity index (χ4v) is 2.55. The highest BCUT2D eigenvalue weighted by Gasteiger charge is 2.28. The van der Waals surface area contributed by atoms with Gasteiger partial charge in [-0.05, 0) is 32.7 Å². The van der Waals surface area contributed by atoms with Crippen LogP contribution in [0.3, 0.4) is 0 Å². The van der Waals surface area contributed by atoms with Crippen LogP contribution in [0.15, 0.2) is 0 Å². The van der Waals surface area contributed by atoms with Crippen LogP contribution in [0.2, 0.25) is 0 Å². The van der Waals surface area contributed by atoms with Crippen molar-refractivity contribution in [2.45, 2.75) is 51.1 Å². The van der Waals surface area contributed by atoms with Crippen LogP contribution in [-0.2, 0) is 14.3 Å². The lowest BCUT2D eigenvalue weighted by atomic mass is 9.97. The van der Waals surface area contributed by atoms with E-state index in [1.165, 1.54) is 20.0 Å². The molecule has 1 saturated heterocycles. The number of rotatable bonds is 6. The van der Waals surface area contributed by atoms with Gasteiger partial charge >= 0.3 is 5.97 Å². The van der Waals surface area contributed by atoms with E-state index in [0.29, 0.717) is 18.5 Å². The molecule has 1 heterocycles. The van der Waals surface area contributed by atoms with E-state index in [0.717, 1.165) is 26.0 Å². The number of methoxy groups -OCH3 is 2. The Morgan fingerprint density at radius 3 is 2.82 bits per heavy atom. The quantitative estimate of drug-likeness (QED) is 0.667. The van der Waals surface area contributed by atoms with Gasteiger partial charge in [0.15, 0.2) is 0 Å². The van der Waals surface area contributed by atoms with Crippen LogP contribution in [0.5, 0.6) is 0 Å². The van der Waals surface area contributed by atoms with Gasteiger partial charge in [-0.25, -0.2) is 0 Å². The van der Waals surface area contributed by atoms with E-state index in [-0.39, 0.29) is 5.97 Å². The number of piperidine rings is 1. The van der Waals surface area contributed by atoms with Gasteiger partial charge in [0.1, 0.15) is 0 Å². The lowest BCUT2D eigenvalue weighted by molar-refractivity contribution is -0.142. The zero-order valence-corrected chi connectivity index (χ0v) is 11.3. The summed E-state index contributed by atoms with van der Waals surface area (Å²) in [6.07, 6.45) is 5.10. The maximum atomic E-state index is 11.4. The number of carbonyl (C=O) groups excluding carboxylic acids is 1. The van der Waals surface area contributed by atoms with E-state index in [9.17, 15) is 4.79 Å². The van der Waals surface area contributed by atoms with Crippen LogP contribution < -0.4 is 0 Å². The Balaban J connectivity index is 2.49. The minimum atomic E-state index is -0.0964. The Kier molecular flexibility index (Phi) is 6.52. The monoisotopic (exact) mass is 243 g/mol. The van der Waals surface area contributed by atoms with E-state index in [1.54, 1.807) is 7.11 Å². The summed E-state index contributed by atoms with van der Waals surface area (Å²) in [5.41, 5.74) is 0. The van der Waals surface area contributed by atoms with Crippen molar-refractivity contribution in [2.24, 2.45) is 0 Å². The molecule has 0 aliphatic carbocycles. The fourth-order valence-electron chi connectivity index (χ4n) is 2.55. The molecule has 0 aromatic heterocycles. The highest BCUT2D eigenvalue weighted by Crippen LogP contribution is 2.23. The predicted octanol–water partition coefficient (Wildman–Crippen LogP) is 1.83. The summed E-state index contributed by atoms with van der Waals surface area (Å²) in [7, 11) is 3.19. The largest absolute Gasteiger partial charge is 0.469 e. The second kappa shape index (κ2) is 7.67. The van der Waals surface area contributed by atoms with Gasteiger partial charge in [0.05, 0.1) is 13.5 Å². The van der Waals surface area contributed by atoms with Crippen LogP contribution >= 0.6 is 0 Å². The first-order valence-corrected chi connectivity index (χ1v) is 6.50. The van der Waals surface area contributed by atoms with Crippen LogP contribution in [0.4, 0.5) is 0 Å². The molecule has 4 nitrogen and oxygen atoms in total. The van der Waals surface area contributed by atoms with Gasteiger partial charge in [-0.1, -0.05) is 6.42 Å². The zero-order valence-electron chi connectivity index (χ0n) is 11.3. The predicted molar refractivity (Wildman–Crippen MR) is 66.9 cm³/mol. The van der Waals surface area contributed by atoms with Gasteiger partial charge in [-0.3, -0.25) is 9.69 Å². The highest BCUT2D eigenvalue weighted by molar-refractivity contribution is 5.69. The summed E-state index contributed by atoms with van der Waals surface area (Å²) in [4.78, 5) is 13.8. The molecule has 0 amide bonds. The average Bonchev–Trinajstić information content (AvgIpc) is 2.36. The lowest BCUT2D eigenvalue weighted by Crippen LogP contribution is -2.46. The van der Waals surface area contributed by atoms with Gasteiger partial charge in [0.2, 0.25) is 0 Å². The van der Waals surface area contributed by atoms with Gasteiger partial charge in [-0.15, -0.1) is 0 Å². The smallest absolute Gasteiger partial charge is 0.307 e. The van der Waals surface area contributed by atoms with Crippen molar-refractivity contribution in [1.82, 2.24) is 4.90 Å². The molecular formula is C13H25NO3. The Hall–Kier alpha value is -0.610. The Morgan fingerprint density at radius 1 is 1.41 bits per heavy atom. The van der Waals surface area contributed by atoms with Crippen molar-refractivity contribution < 1.29 is 14.3 Å². The maximum Gasteiger partial charge on any atom is 0.307 e. The average molecular weight is 243 g/mol. The molecule has 1 aliphatic rings. The minimum absolute atomic E-state index is 0.0964. The molecule has 1 fully saturated rings. The molecule has 0 aromatic carbocycles. The molecule has 0 saturated carbocycles. The normalized spacial score (nSPS) is 23.4. The number of likely N-dealkylation sites (tertiary alicyclic amines) is 1. The van der Waals surface area contributed by atoms with E-state index in [1.807, 2.05) is 0 Å². The summed E-state index contributed by atoms with van der Waals surface area (Å²) in [6.45, 7) is 4.09. The van der Waals surface area contributed by atoms with Crippen molar-refractivity contribution in [2.75, 3.05) is 27.4 Å². The standard InChI is InChI=1S/C13H25NO3/c1-11(7-9-16-2)14-8-5-4-6-12(14)10-13(15)17-3/h11-12H,4-10H2,1-3H3. The first-order valence-electron chi connectivity index (χ1n) is 6.50. The maximum absolute atomic E-state index is 11.4. The van der Waals surface area contributed by atoms with Gasteiger partial charge in [-0.2, -0.15) is 0 Å². The number of ether oxygens (including phenoxy) is 2. The molecule has 0 bridgehead atoms. The van der Waals surface area contributed by atoms with Crippen molar-refractivity contribution in [1.29, 1.82) is 0 Å². The molecule has 2 unspecified atom stereocenters. The first kappa shape index (κ1) is 14.5. The van der Waals surface area contributed by atoms with Crippen molar-refractivity contribution in [3.8, 4) is 0 Å². The van der Waals surface area contributed by atoms with Crippen LogP contribution in [0, 0.1) is 0 Å². The summed E-state index contributed by atoms with van der Waals surface area (Å²) < 4.78 is 9.89. The number of esters is 1. The van der Waals surface area contributed by atoms with Crippen molar-refractivity contribution in [3.63, 3.8) is 0 Å². The van der Waals surface area contributed by atoms with Crippen LogP contribution in [0.25, 0.3) is 0 Å². The molecule has 0 spiro atoms. The summed E-state index contributed by atoms with van der Waals surface area (Å²) in [5.74, 6) is -0.0964. The van der Waals surface area contributed by atoms with Crippen molar-refractivity contribution >= 4 is 5.97 Å². The summed E-state index contributed by atoms with van der Waals surface area (Å²) >= 11 is 0. The lowest BCUT2D eigenvalue weighted by Gasteiger charge is -2.39.